The van der Waals surface area contributed by atoms with Gasteiger partial charge in [-0.3, -0.25) is 0 Å². The first-order valence-electron chi connectivity index (χ1n) is 4.66. The van der Waals surface area contributed by atoms with Crippen molar-refractivity contribution in [2.24, 2.45) is 0 Å². The molecule has 18 heavy (non-hydrogen) atoms. The maximum atomic E-state index is 12.8. The Morgan fingerprint density at radius 2 is 1.83 bits per heavy atom. The lowest BCUT2D eigenvalue weighted by atomic mass is 10.2. The average Bonchev–Trinajstić information content (AvgIpc) is 2.73. The highest BCUT2D eigenvalue weighted by Crippen LogP contribution is 2.32. The number of hydrogen-bond donors (Lipinski definition) is 1. The molecule has 1 aromatic carbocycles. The van der Waals surface area contributed by atoms with Crippen LogP contribution in [0.5, 0.6) is 5.75 Å². The number of phenols is 1. The zero-order valence-electron chi connectivity index (χ0n) is 8.68. The van der Waals surface area contributed by atoms with E-state index in [4.69, 9.17) is 10.4 Å². The molecule has 0 aliphatic carbocycles. The Morgan fingerprint density at radius 1 is 1.22 bits per heavy atom. The number of rotatable bonds is 1. The van der Waals surface area contributed by atoms with Gasteiger partial charge in [-0.25, -0.2) is 4.68 Å². The van der Waals surface area contributed by atoms with Crippen LogP contribution in [-0.2, 0) is 6.18 Å². The Hall–Kier alpha value is -2.56. The first kappa shape index (κ1) is 11.9. The number of aromatic nitrogens is 3. The molecule has 0 aliphatic heterocycles. The van der Waals surface area contributed by atoms with Crippen molar-refractivity contribution in [3.05, 3.63) is 35.7 Å². The van der Waals surface area contributed by atoms with Crippen molar-refractivity contribution < 1.29 is 18.3 Å². The van der Waals surface area contributed by atoms with Crippen LogP contribution in [0.15, 0.2) is 24.3 Å². The van der Waals surface area contributed by atoms with Gasteiger partial charge < -0.3 is 5.11 Å². The SMILES string of the molecule is N#Cc1nnn(-c2ccc(O)cc2)c1C(F)(F)F. The Kier molecular flexibility index (Phi) is 2.67. The summed E-state index contributed by atoms with van der Waals surface area (Å²) in [5.41, 5.74) is -1.99. The molecule has 0 saturated carbocycles. The van der Waals surface area contributed by atoms with Crippen LogP contribution in [0.4, 0.5) is 13.2 Å². The summed E-state index contributed by atoms with van der Waals surface area (Å²) in [6.45, 7) is 0. The molecule has 0 aliphatic rings. The third-order valence-corrected chi connectivity index (χ3v) is 2.14. The van der Waals surface area contributed by atoms with Crippen molar-refractivity contribution in [1.82, 2.24) is 15.0 Å². The summed E-state index contributed by atoms with van der Waals surface area (Å²) >= 11 is 0. The number of hydrogen-bond acceptors (Lipinski definition) is 4. The second kappa shape index (κ2) is 4.03. The molecule has 0 amide bonds. The van der Waals surface area contributed by atoms with E-state index in [0.29, 0.717) is 4.68 Å². The van der Waals surface area contributed by atoms with E-state index in [0.717, 1.165) is 0 Å². The molecule has 0 spiro atoms. The fourth-order valence-corrected chi connectivity index (χ4v) is 1.39. The van der Waals surface area contributed by atoms with E-state index in [9.17, 15) is 13.2 Å². The van der Waals surface area contributed by atoms with Gasteiger partial charge >= 0.3 is 6.18 Å². The summed E-state index contributed by atoms with van der Waals surface area (Å²) < 4.78 is 38.9. The number of nitrogens with zero attached hydrogens (tertiary/aromatic N) is 4. The topological polar surface area (TPSA) is 74.7 Å². The molecular weight excluding hydrogens is 249 g/mol. The number of aromatic hydroxyl groups is 1. The molecule has 1 N–H and O–H groups in total. The van der Waals surface area contributed by atoms with Gasteiger partial charge in [0.1, 0.15) is 11.8 Å². The molecular formula is C10H5F3N4O. The van der Waals surface area contributed by atoms with Gasteiger partial charge in [0.2, 0.25) is 0 Å². The second-order valence-corrected chi connectivity index (χ2v) is 3.32. The smallest absolute Gasteiger partial charge is 0.436 e. The van der Waals surface area contributed by atoms with Crippen LogP contribution in [-0.4, -0.2) is 20.1 Å². The van der Waals surface area contributed by atoms with Gasteiger partial charge in [-0.1, -0.05) is 5.21 Å². The Bertz CT molecular complexity index is 610. The molecule has 2 aromatic rings. The minimum atomic E-state index is -4.74. The summed E-state index contributed by atoms with van der Waals surface area (Å²) in [5, 5.41) is 24.1. The number of halogens is 3. The van der Waals surface area contributed by atoms with Crippen molar-refractivity contribution in [1.29, 1.82) is 5.26 Å². The highest BCUT2D eigenvalue weighted by Gasteiger charge is 2.40. The summed E-state index contributed by atoms with van der Waals surface area (Å²) in [6.07, 6.45) is -4.74. The van der Waals surface area contributed by atoms with Gasteiger partial charge in [-0.15, -0.1) is 5.10 Å². The van der Waals surface area contributed by atoms with E-state index < -0.39 is 17.6 Å². The van der Waals surface area contributed by atoms with Crippen molar-refractivity contribution >= 4 is 0 Å². The fraction of sp³-hybridized carbons (Fsp3) is 0.100. The Labute approximate surface area is 98.7 Å². The standard InChI is InChI=1S/C10H5F3N4O/c11-10(12,13)9-8(5-14)15-16-17(9)6-1-3-7(18)4-2-6/h1-4,18H. The predicted molar refractivity (Wildman–Crippen MR) is 52.7 cm³/mol. The maximum absolute atomic E-state index is 12.8. The molecule has 1 heterocycles. The van der Waals surface area contributed by atoms with Crippen LogP contribution in [0.3, 0.4) is 0 Å². The van der Waals surface area contributed by atoms with Crippen LogP contribution >= 0.6 is 0 Å². The van der Waals surface area contributed by atoms with E-state index in [1.807, 2.05) is 0 Å². The zero-order valence-corrected chi connectivity index (χ0v) is 8.68. The zero-order chi connectivity index (χ0) is 13.3. The number of nitriles is 1. The third-order valence-electron chi connectivity index (χ3n) is 2.14. The van der Waals surface area contributed by atoms with E-state index in [1.54, 1.807) is 0 Å². The van der Waals surface area contributed by atoms with Crippen molar-refractivity contribution in [3.8, 4) is 17.5 Å². The maximum Gasteiger partial charge on any atom is 0.436 e. The van der Waals surface area contributed by atoms with Crippen molar-refractivity contribution in [3.63, 3.8) is 0 Å². The van der Waals surface area contributed by atoms with Crippen LogP contribution in [0, 0.1) is 11.3 Å². The monoisotopic (exact) mass is 254 g/mol. The summed E-state index contributed by atoms with van der Waals surface area (Å²) in [5.74, 6) is -0.0899. The second-order valence-electron chi connectivity index (χ2n) is 3.32. The summed E-state index contributed by atoms with van der Waals surface area (Å²) in [4.78, 5) is 0. The number of phenolic OH excluding ortho intramolecular Hbond substituents is 1. The molecule has 0 unspecified atom stereocenters. The molecule has 92 valence electrons. The highest BCUT2D eigenvalue weighted by atomic mass is 19.4. The average molecular weight is 254 g/mol. The molecule has 0 bridgehead atoms. The quantitative estimate of drug-likeness (QED) is 0.842. The van der Waals surface area contributed by atoms with Crippen molar-refractivity contribution in [2.75, 3.05) is 0 Å². The molecule has 5 nitrogen and oxygen atoms in total. The van der Waals surface area contributed by atoms with Crippen LogP contribution < -0.4 is 0 Å². The van der Waals surface area contributed by atoms with Gasteiger partial charge in [-0.2, -0.15) is 18.4 Å². The minimum absolute atomic E-state index is 0.0501. The molecule has 8 heteroatoms. The van der Waals surface area contributed by atoms with Crippen LogP contribution in [0.1, 0.15) is 11.4 Å². The molecule has 0 fully saturated rings. The molecule has 0 radical (unpaired) electrons. The minimum Gasteiger partial charge on any atom is -0.508 e. The highest BCUT2D eigenvalue weighted by molar-refractivity contribution is 5.40. The van der Waals surface area contributed by atoms with E-state index in [-0.39, 0.29) is 11.4 Å². The van der Waals surface area contributed by atoms with Crippen LogP contribution in [0.25, 0.3) is 5.69 Å². The molecule has 0 atom stereocenters. The lowest BCUT2D eigenvalue weighted by Gasteiger charge is -2.09. The van der Waals surface area contributed by atoms with Gasteiger partial charge in [0, 0.05) is 0 Å². The number of alkyl halides is 3. The Balaban J connectivity index is 2.63. The van der Waals surface area contributed by atoms with Crippen LogP contribution in [0.2, 0.25) is 0 Å². The largest absolute Gasteiger partial charge is 0.508 e. The predicted octanol–water partition coefficient (Wildman–Crippen LogP) is 1.86. The lowest BCUT2D eigenvalue weighted by molar-refractivity contribution is -0.143. The Morgan fingerprint density at radius 3 is 2.33 bits per heavy atom. The van der Waals surface area contributed by atoms with Gasteiger partial charge in [-0.05, 0) is 24.3 Å². The molecule has 1 aromatic heterocycles. The van der Waals surface area contributed by atoms with Gasteiger partial charge in [0.15, 0.2) is 11.4 Å². The van der Waals surface area contributed by atoms with E-state index in [1.165, 1.54) is 30.3 Å². The summed E-state index contributed by atoms with van der Waals surface area (Å²) in [6, 6.07) is 6.24. The fourth-order valence-electron chi connectivity index (χ4n) is 1.39. The number of benzene rings is 1. The van der Waals surface area contributed by atoms with Gasteiger partial charge in [0.25, 0.3) is 0 Å². The molecule has 0 saturated heterocycles. The first-order valence-corrected chi connectivity index (χ1v) is 4.66. The van der Waals surface area contributed by atoms with E-state index >= 15 is 0 Å². The normalized spacial score (nSPS) is 11.2. The van der Waals surface area contributed by atoms with Crippen molar-refractivity contribution in [2.45, 2.75) is 6.18 Å². The molecule has 2 rings (SSSR count). The first-order chi connectivity index (χ1) is 8.43. The third kappa shape index (κ3) is 1.98. The van der Waals surface area contributed by atoms with Gasteiger partial charge in [0.05, 0.1) is 5.69 Å². The lowest BCUT2D eigenvalue weighted by Crippen LogP contribution is -2.14. The summed E-state index contributed by atoms with van der Waals surface area (Å²) in [7, 11) is 0. The van der Waals surface area contributed by atoms with E-state index in [2.05, 4.69) is 10.3 Å².